The van der Waals surface area contributed by atoms with Gasteiger partial charge in [-0.2, -0.15) is 0 Å². The normalized spacial score (nSPS) is 10.8. The van der Waals surface area contributed by atoms with Crippen molar-refractivity contribution in [2.24, 2.45) is 0 Å². The molecule has 0 bridgehead atoms. The van der Waals surface area contributed by atoms with Crippen LogP contribution < -0.4 is 0 Å². The summed E-state index contributed by atoms with van der Waals surface area (Å²) in [5.74, 6) is -0.0529. The van der Waals surface area contributed by atoms with Crippen molar-refractivity contribution in [3.05, 3.63) is 29.3 Å². The van der Waals surface area contributed by atoms with Gasteiger partial charge in [0.2, 0.25) is 0 Å². The number of phenols is 1. The zero-order chi connectivity index (χ0) is 15.1. The van der Waals surface area contributed by atoms with E-state index in [1.54, 1.807) is 37.1 Å². The summed E-state index contributed by atoms with van der Waals surface area (Å²) in [4.78, 5) is 14.5. The largest absolute Gasteiger partial charge is 0.507 e. The molecule has 1 rings (SSSR count). The molecule has 1 N–H and O–H groups in total. The molecular formula is C16H25NO3. The SMILES string of the molecule is CCC(CC)N(CCOC)C(=O)c1cccc(C)c1O. The summed E-state index contributed by atoms with van der Waals surface area (Å²) in [7, 11) is 1.62. The first-order chi connectivity index (χ1) is 9.56. The monoisotopic (exact) mass is 279 g/mol. The first-order valence-corrected chi connectivity index (χ1v) is 7.15. The molecule has 0 unspecified atom stereocenters. The average molecular weight is 279 g/mol. The second kappa shape index (κ2) is 7.90. The zero-order valence-corrected chi connectivity index (χ0v) is 12.8. The van der Waals surface area contributed by atoms with Crippen LogP contribution in [0.25, 0.3) is 0 Å². The lowest BCUT2D eigenvalue weighted by Gasteiger charge is -2.30. The van der Waals surface area contributed by atoms with Crippen molar-refractivity contribution in [3.63, 3.8) is 0 Å². The number of rotatable bonds is 7. The lowest BCUT2D eigenvalue weighted by atomic mass is 10.1. The number of ether oxygens (including phenoxy) is 1. The van der Waals surface area contributed by atoms with E-state index in [1.807, 2.05) is 0 Å². The third kappa shape index (κ3) is 3.73. The molecule has 0 saturated carbocycles. The first-order valence-electron chi connectivity index (χ1n) is 7.15. The van der Waals surface area contributed by atoms with E-state index in [2.05, 4.69) is 13.8 Å². The second-order valence-corrected chi connectivity index (χ2v) is 4.93. The summed E-state index contributed by atoms with van der Waals surface area (Å²) >= 11 is 0. The topological polar surface area (TPSA) is 49.8 Å². The summed E-state index contributed by atoms with van der Waals surface area (Å²) in [5, 5.41) is 10.1. The fourth-order valence-electron chi connectivity index (χ4n) is 2.36. The Bertz CT molecular complexity index is 441. The van der Waals surface area contributed by atoms with Crippen molar-refractivity contribution >= 4 is 5.91 Å². The zero-order valence-electron chi connectivity index (χ0n) is 12.8. The van der Waals surface area contributed by atoms with Crippen LogP contribution >= 0.6 is 0 Å². The number of hydrogen-bond acceptors (Lipinski definition) is 3. The van der Waals surface area contributed by atoms with Crippen LogP contribution in [0.3, 0.4) is 0 Å². The van der Waals surface area contributed by atoms with E-state index >= 15 is 0 Å². The number of amides is 1. The molecule has 0 radical (unpaired) electrons. The number of para-hydroxylation sites is 1. The molecule has 0 aliphatic heterocycles. The van der Waals surface area contributed by atoms with Crippen molar-refractivity contribution in [2.45, 2.75) is 39.7 Å². The quantitative estimate of drug-likeness (QED) is 0.834. The standard InChI is InChI=1S/C16H25NO3/c1-5-13(6-2)17(10-11-20-4)16(19)14-9-7-8-12(3)15(14)18/h7-9,13,18H,5-6,10-11H2,1-4H3. The third-order valence-electron chi connectivity index (χ3n) is 3.65. The first kappa shape index (κ1) is 16.5. The molecule has 0 fully saturated rings. The van der Waals surface area contributed by atoms with Gasteiger partial charge in [0.05, 0.1) is 12.2 Å². The lowest BCUT2D eigenvalue weighted by molar-refractivity contribution is 0.0586. The van der Waals surface area contributed by atoms with Gasteiger partial charge < -0.3 is 14.7 Å². The number of carbonyl (C=O) groups excluding carboxylic acids is 1. The number of phenolic OH excluding ortho intramolecular Hbond substituents is 1. The minimum Gasteiger partial charge on any atom is -0.507 e. The smallest absolute Gasteiger partial charge is 0.257 e. The average Bonchev–Trinajstić information content (AvgIpc) is 2.45. The molecule has 0 spiro atoms. The Kier molecular flexibility index (Phi) is 6.52. The van der Waals surface area contributed by atoms with Gasteiger partial charge in [-0.05, 0) is 31.4 Å². The number of methoxy groups -OCH3 is 1. The maximum atomic E-state index is 12.7. The Labute approximate surface area is 121 Å². The van der Waals surface area contributed by atoms with Crippen molar-refractivity contribution in [1.82, 2.24) is 4.90 Å². The highest BCUT2D eigenvalue weighted by atomic mass is 16.5. The molecule has 20 heavy (non-hydrogen) atoms. The number of benzene rings is 1. The van der Waals surface area contributed by atoms with Crippen molar-refractivity contribution in [3.8, 4) is 5.75 Å². The van der Waals surface area contributed by atoms with Crippen LogP contribution in [0.5, 0.6) is 5.75 Å². The molecule has 1 aromatic carbocycles. The number of hydrogen-bond donors (Lipinski definition) is 1. The highest BCUT2D eigenvalue weighted by molar-refractivity contribution is 5.97. The molecule has 1 aromatic rings. The Morgan fingerprint density at radius 1 is 1.35 bits per heavy atom. The predicted octanol–water partition coefficient (Wildman–Crippen LogP) is 2.98. The van der Waals surface area contributed by atoms with E-state index in [9.17, 15) is 9.90 Å². The number of aromatic hydroxyl groups is 1. The molecule has 0 aliphatic rings. The van der Waals surface area contributed by atoms with Crippen LogP contribution in [0, 0.1) is 6.92 Å². The summed E-state index contributed by atoms with van der Waals surface area (Å²) in [6.07, 6.45) is 1.77. The van der Waals surface area contributed by atoms with Crippen molar-refractivity contribution in [1.29, 1.82) is 0 Å². The van der Waals surface area contributed by atoms with E-state index in [-0.39, 0.29) is 17.7 Å². The Morgan fingerprint density at radius 3 is 2.55 bits per heavy atom. The highest BCUT2D eigenvalue weighted by Crippen LogP contribution is 2.24. The molecule has 0 saturated heterocycles. The molecule has 0 atom stereocenters. The van der Waals surface area contributed by atoms with Gasteiger partial charge in [0.1, 0.15) is 5.75 Å². The molecule has 4 nitrogen and oxygen atoms in total. The fraction of sp³-hybridized carbons (Fsp3) is 0.562. The van der Waals surface area contributed by atoms with Crippen LogP contribution in [0.2, 0.25) is 0 Å². The molecular weight excluding hydrogens is 254 g/mol. The minimum absolute atomic E-state index is 0.0749. The van der Waals surface area contributed by atoms with E-state index in [1.165, 1.54) is 0 Å². The van der Waals surface area contributed by atoms with Gasteiger partial charge in [-0.25, -0.2) is 0 Å². The maximum absolute atomic E-state index is 12.7. The molecule has 0 aliphatic carbocycles. The van der Waals surface area contributed by atoms with Crippen LogP contribution in [0.15, 0.2) is 18.2 Å². The van der Waals surface area contributed by atoms with Crippen molar-refractivity contribution in [2.75, 3.05) is 20.3 Å². The van der Waals surface area contributed by atoms with Gasteiger partial charge in [-0.1, -0.05) is 26.0 Å². The second-order valence-electron chi connectivity index (χ2n) is 4.93. The summed E-state index contributed by atoms with van der Waals surface area (Å²) in [6, 6.07) is 5.43. The van der Waals surface area contributed by atoms with Gasteiger partial charge >= 0.3 is 0 Å². The Balaban J connectivity index is 3.05. The predicted molar refractivity (Wildman–Crippen MR) is 80.1 cm³/mol. The van der Waals surface area contributed by atoms with Gasteiger partial charge in [-0.3, -0.25) is 4.79 Å². The molecule has 112 valence electrons. The molecule has 1 amide bonds. The summed E-state index contributed by atoms with van der Waals surface area (Å²) in [5.41, 5.74) is 1.08. The maximum Gasteiger partial charge on any atom is 0.257 e. The Morgan fingerprint density at radius 2 is 2.00 bits per heavy atom. The van der Waals surface area contributed by atoms with Gasteiger partial charge in [0, 0.05) is 19.7 Å². The van der Waals surface area contributed by atoms with Crippen LogP contribution in [-0.4, -0.2) is 42.2 Å². The Hall–Kier alpha value is -1.55. The van der Waals surface area contributed by atoms with Gasteiger partial charge in [-0.15, -0.1) is 0 Å². The lowest BCUT2D eigenvalue weighted by Crippen LogP contribution is -2.41. The van der Waals surface area contributed by atoms with E-state index < -0.39 is 0 Å². The summed E-state index contributed by atoms with van der Waals surface area (Å²) in [6.45, 7) is 6.96. The third-order valence-corrected chi connectivity index (χ3v) is 3.65. The van der Waals surface area contributed by atoms with Crippen LogP contribution in [-0.2, 0) is 4.74 Å². The van der Waals surface area contributed by atoms with Crippen molar-refractivity contribution < 1.29 is 14.6 Å². The van der Waals surface area contributed by atoms with Crippen LogP contribution in [0.4, 0.5) is 0 Å². The van der Waals surface area contributed by atoms with E-state index in [0.717, 1.165) is 12.8 Å². The fourth-order valence-corrected chi connectivity index (χ4v) is 2.36. The van der Waals surface area contributed by atoms with E-state index in [0.29, 0.717) is 24.3 Å². The highest BCUT2D eigenvalue weighted by Gasteiger charge is 2.24. The molecule has 0 aromatic heterocycles. The van der Waals surface area contributed by atoms with Gasteiger partial charge in [0.25, 0.3) is 5.91 Å². The number of aryl methyl sites for hydroxylation is 1. The summed E-state index contributed by atoms with van der Waals surface area (Å²) < 4.78 is 5.10. The molecule has 4 heteroatoms. The minimum atomic E-state index is -0.128. The van der Waals surface area contributed by atoms with E-state index in [4.69, 9.17) is 4.74 Å². The number of nitrogens with zero attached hydrogens (tertiary/aromatic N) is 1. The molecule has 0 heterocycles. The van der Waals surface area contributed by atoms with Gasteiger partial charge in [0.15, 0.2) is 0 Å². The van der Waals surface area contributed by atoms with Crippen LogP contribution in [0.1, 0.15) is 42.6 Å². The number of carbonyl (C=O) groups is 1.